The highest BCUT2D eigenvalue weighted by molar-refractivity contribution is 9.11. The first-order chi connectivity index (χ1) is 9.61. The quantitative estimate of drug-likeness (QED) is 0.642. The minimum atomic E-state index is 0.466. The van der Waals surface area contributed by atoms with Crippen LogP contribution in [-0.4, -0.2) is 26.6 Å². The number of halogens is 2. The molecule has 8 heteroatoms. The zero-order valence-corrected chi connectivity index (χ0v) is 14.2. The van der Waals surface area contributed by atoms with E-state index in [1.165, 1.54) is 6.33 Å². The molecule has 0 amide bonds. The summed E-state index contributed by atoms with van der Waals surface area (Å²) >= 11 is 12.4. The van der Waals surface area contributed by atoms with Crippen LogP contribution in [0.5, 0.6) is 5.88 Å². The minimum Gasteiger partial charge on any atom is -0.479 e. The van der Waals surface area contributed by atoms with Crippen LogP contribution >= 0.6 is 44.1 Å². The van der Waals surface area contributed by atoms with E-state index in [1.807, 2.05) is 22.8 Å². The van der Waals surface area contributed by atoms with Crippen molar-refractivity contribution in [3.8, 4) is 11.6 Å². The molecular formula is C12H8Br2N4OS. The van der Waals surface area contributed by atoms with Crippen LogP contribution in [-0.2, 0) is 0 Å². The van der Waals surface area contributed by atoms with Gasteiger partial charge >= 0.3 is 0 Å². The third kappa shape index (κ3) is 2.17. The van der Waals surface area contributed by atoms with Crippen LogP contribution in [0.2, 0.25) is 0 Å². The second-order valence-corrected chi connectivity index (χ2v) is 6.10. The molecule has 3 aromatic rings. The SMILES string of the molecule is COc1ncnc2c1[nH]c(=S)n2-c1ccc(Br)cc1Br. The molecule has 0 fully saturated rings. The fourth-order valence-electron chi connectivity index (χ4n) is 1.94. The highest BCUT2D eigenvalue weighted by atomic mass is 79.9. The zero-order valence-electron chi connectivity index (χ0n) is 10.2. The minimum absolute atomic E-state index is 0.466. The van der Waals surface area contributed by atoms with Crippen LogP contribution in [0.4, 0.5) is 0 Å². The van der Waals surface area contributed by atoms with Crippen molar-refractivity contribution in [1.82, 2.24) is 19.5 Å². The molecule has 0 unspecified atom stereocenters. The molecule has 20 heavy (non-hydrogen) atoms. The predicted octanol–water partition coefficient (Wildman–Crippen LogP) is 4.01. The van der Waals surface area contributed by atoms with Crippen molar-refractivity contribution in [2.45, 2.75) is 0 Å². The van der Waals surface area contributed by atoms with Gasteiger partial charge in [-0.15, -0.1) is 0 Å². The van der Waals surface area contributed by atoms with E-state index in [2.05, 4.69) is 46.8 Å². The van der Waals surface area contributed by atoms with Gasteiger partial charge in [-0.25, -0.2) is 4.98 Å². The van der Waals surface area contributed by atoms with Gasteiger partial charge < -0.3 is 9.72 Å². The smallest absolute Gasteiger partial charge is 0.242 e. The Bertz CT molecular complexity index is 858. The van der Waals surface area contributed by atoms with Crippen molar-refractivity contribution in [2.24, 2.45) is 0 Å². The Hall–Kier alpha value is -1.25. The summed E-state index contributed by atoms with van der Waals surface area (Å²) in [6, 6.07) is 5.85. The summed E-state index contributed by atoms with van der Waals surface area (Å²) in [6.07, 6.45) is 1.45. The summed E-state index contributed by atoms with van der Waals surface area (Å²) in [5.41, 5.74) is 2.24. The van der Waals surface area contributed by atoms with Gasteiger partial charge in [-0.2, -0.15) is 4.98 Å². The predicted molar refractivity (Wildman–Crippen MR) is 86.0 cm³/mol. The Kier molecular flexibility index (Phi) is 3.61. The van der Waals surface area contributed by atoms with Crippen LogP contribution in [0.15, 0.2) is 33.5 Å². The molecule has 2 heterocycles. The van der Waals surface area contributed by atoms with E-state index in [9.17, 15) is 0 Å². The average Bonchev–Trinajstić information content (AvgIpc) is 2.75. The number of imidazole rings is 1. The van der Waals surface area contributed by atoms with E-state index < -0.39 is 0 Å². The van der Waals surface area contributed by atoms with Gasteiger partial charge in [-0.05, 0) is 46.3 Å². The molecule has 1 aromatic carbocycles. The average molecular weight is 416 g/mol. The molecule has 0 aliphatic heterocycles. The van der Waals surface area contributed by atoms with Crippen LogP contribution < -0.4 is 4.74 Å². The molecule has 1 N–H and O–H groups in total. The number of hydrogen-bond acceptors (Lipinski definition) is 4. The number of benzene rings is 1. The lowest BCUT2D eigenvalue weighted by Crippen LogP contribution is -1.98. The molecule has 0 saturated heterocycles. The van der Waals surface area contributed by atoms with Crippen molar-refractivity contribution in [3.05, 3.63) is 38.2 Å². The number of nitrogens with zero attached hydrogens (tertiary/aromatic N) is 3. The number of H-pyrrole nitrogens is 1. The lowest BCUT2D eigenvalue weighted by atomic mass is 10.3. The molecule has 2 aromatic heterocycles. The van der Waals surface area contributed by atoms with Gasteiger partial charge in [0.2, 0.25) is 5.88 Å². The Labute approximate surface area is 136 Å². The number of nitrogens with one attached hydrogen (secondary N) is 1. The Morgan fingerprint density at radius 1 is 1.30 bits per heavy atom. The highest BCUT2D eigenvalue weighted by Gasteiger charge is 2.14. The first-order valence-corrected chi connectivity index (χ1v) is 7.56. The molecule has 0 aliphatic rings. The summed E-state index contributed by atoms with van der Waals surface area (Å²) in [5, 5.41) is 0. The number of ether oxygens (including phenoxy) is 1. The first kappa shape index (κ1) is 13.7. The molecule has 102 valence electrons. The van der Waals surface area contributed by atoms with E-state index in [0.29, 0.717) is 21.8 Å². The van der Waals surface area contributed by atoms with Gasteiger partial charge in [0.1, 0.15) is 11.8 Å². The number of methoxy groups -OCH3 is 1. The first-order valence-electron chi connectivity index (χ1n) is 5.57. The lowest BCUT2D eigenvalue weighted by Gasteiger charge is -2.07. The summed E-state index contributed by atoms with van der Waals surface area (Å²) in [5.74, 6) is 0.466. The van der Waals surface area contributed by atoms with Crippen molar-refractivity contribution in [3.63, 3.8) is 0 Å². The van der Waals surface area contributed by atoms with Crippen LogP contribution in [0, 0.1) is 4.77 Å². The summed E-state index contributed by atoms with van der Waals surface area (Å²) < 4.78 is 9.47. The lowest BCUT2D eigenvalue weighted by molar-refractivity contribution is 0.401. The summed E-state index contributed by atoms with van der Waals surface area (Å²) in [7, 11) is 1.56. The van der Waals surface area contributed by atoms with E-state index in [-0.39, 0.29) is 0 Å². The normalized spacial score (nSPS) is 10.9. The molecule has 0 aliphatic carbocycles. The van der Waals surface area contributed by atoms with Gasteiger partial charge in [0.15, 0.2) is 10.4 Å². The van der Waals surface area contributed by atoms with E-state index >= 15 is 0 Å². The van der Waals surface area contributed by atoms with Crippen molar-refractivity contribution < 1.29 is 4.74 Å². The standard InChI is InChI=1S/C12H8Br2N4OS/c1-19-11-9-10(15-5-16-11)18(12(20)17-9)8-3-2-6(13)4-7(8)14/h2-5H,1H3,(H,17,20). The third-order valence-corrected chi connectivity index (χ3v) is 4.20. The summed E-state index contributed by atoms with van der Waals surface area (Å²) in [6.45, 7) is 0. The van der Waals surface area contributed by atoms with Gasteiger partial charge in [-0.1, -0.05) is 15.9 Å². The second kappa shape index (κ2) is 5.27. The van der Waals surface area contributed by atoms with Crippen molar-refractivity contribution >= 4 is 55.2 Å². The number of aromatic amines is 1. The van der Waals surface area contributed by atoms with E-state index in [1.54, 1.807) is 7.11 Å². The summed E-state index contributed by atoms with van der Waals surface area (Å²) in [4.78, 5) is 11.4. The van der Waals surface area contributed by atoms with Gasteiger partial charge in [-0.3, -0.25) is 4.57 Å². The molecule has 0 radical (unpaired) electrons. The molecular weight excluding hydrogens is 408 g/mol. The highest BCUT2D eigenvalue weighted by Crippen LogP contribution is 2.29. The molecule has 5 nitrogen and oxygen atoms in total. The fourth-order valence-corrected chi connectivity index (χ4v) is 3.45. The monoisotopic (exact) mass is 414 g/mol. The fraction of sp³-hybridized carbons (Fsp3) is 0.0833. The second-order valence-electron chi connectivity index (χ2n) is 3.94. The maximum absolute atomic E-state index is 5.39. The molecule has 0 spiro atoms. The van der Waals surface area contributed by atoms with Gasteiger partial charge in [0.05, 0.1) is 12.8 Å². The van der Waals surface area contributed by atoms with Gasteiger partial charge in [0, 0.05) is 8.95 Å². The zero-order chi connectivity index (χ0) is 14.3. The largest absolute Gasteiger partial charge is 0.479 e. The number of rotatable bonds is 2. The van der Waals surface area contributed by atoms with E-state index in [0.717, 1.165) is 14.6 Å². The number of aromatic nitrogens is 4. The molecule has 0 saturated carbocycles. The number of fused-ring (bicyclic) bond motifs is 1. The van der Waals surface area contributed by atoms with Gasteiger partial charge in [0.25, 0.3) is 0 Å². The van der Waals surface area contributed by atoms with Crippen molar-refractivity contribution in [2.75, 3.05) is 7.11 Å². The van der Waals surface area contributed by atoms with Crippen LogP contribution in [0.1, 0.15) is 0 Å². The van der Waals surface area contributed by atoms with Crippen LogP contribution in [0.25, 0.3) is 16.9 Å². The van der Waals surface area contributed by atoms with Crippen molar-refractivity contribution in [1.29, 1.82) is 0 Å². The Balaban J connectivity index is 2.37. The van der Waals surface area contributed by atoms with Crippen LogP contribution in [0.3, 0.4) is 0 Å². The third-order valence-electron chi connectivity index (χ3n) is 2.78. The molecule has 0 atom stereocenters. The Morgan fingerprint density at radius 2 is 2.10 bits per heavy atom. The number of hydrogen-bond donors (Lipinski definition) is 1. The molecule has 0 bridgehead atoms. The molecule has 3 rings (SSSR count). The van der Waals surface area contributed by atoms with E-state index in [4.69, 9.17) is 17.0 Å². The Morgan fingerprint density at radius 3 is 2.80 bits per heavy atom. The maximum Gasteiger partial charge on any atom is 0.242 e. The maximum atomic E-state index is 5.39. The topological polar surface area (TPSA) is 55.7 Å².